The van der Waals surface area contributed by atoms with Crippen LogP contribution in [0.1, 0.15) is 75.3 Å². The minimum absolute atomic E-state index is 0.00639. The summed E-state index contributed by atoms with van der Waals surface area (Å²) in [4.78, 5) is 110. The lowest BCUT2D eigenvalue weighted by Crippen LogP contribution is -2.82. The Bertz CT molecular complexity index is 3710. The van der Waals surface area contributed by atoms with E-state index in [1.807, 2.05) is 61.2 Å². The van der Waals surface area contributed by atoms with Crippen LogP contribution in [0.15, 0.2) is 71.1 Å². The number of ketones is 2. The highest BCUT2D eigenvalue weighted by atomic mass is 33.1. The Labute approximate surface area is 539 Å². The quantitative estimate of drug-likeness (QED) is 0.0149. The number of aromatic amines is 1. The number of aliphatic hydroxyl groups excluding tert-OH is 1. The van der Waals surface area contributed by atoms with Crippen LogP contribution in [0.25, 0.3) is 10.9 Å². The Balaban J connectivity index is 0.699. The number of hydrazine groups is 1. The summed E-state index contributed by atoms with van der Waals surface area (Å²) >= 11 is 0. The number of hydrogen-bond donors (Lipinski definition) is 8. The smallest absolute Gasteiger partial charge is 0.426 e. The van der Waals surface area contributed by atoms with E-state index in [9.17, 15) is 39.3 Å². The number of H-pyrrole nitrogens is 1. The van der Waals surface area contributed by atoms with Gasteiger partial charge in [0.25, 0.3) is 5.91 Å². The van der Waals surface area contributed by atoms with Gasteiger partial charge in [-0.3, -0.25) is 39.3 Å². The molecular weight excluding hydrogens is 1230 g/mol. The molecule has 4 saturated heterocycles. The number of methoxy groups -OCH3 is 3. The van der Waals surface area contributed by atoms with Crippen LogP contribution in [-0.4, -0.2) is 228 Å². The van der Waals surface area contributed by atoms with Gasteiger partial charge in [0.15, 0.2) is 11.3 Å². The average Bonchev–Trinajstić information content (AvgIpc) is 1.47. The zero-order chi connectivity index (χ0) is 65.4. The van der Waals surface area contributed by atoms with Crippen molar-refractivity contribution in [3.8, 4) is 5.75 Å². The first kappa shape index (κ1) is 63.7. The van der Waals surface area contributed by atoms with Gasteiger partial charge in [-0.25, -0.2) is 19.8 Å². The Hall–Kier alpha value is -7.05. The fourth-order valence-corrected chi connectivity index (χ4v) is 20.2. The number of primary amides is 1. The van der Waals surface area contributed by atoms with Crippen molar-refractivity contribution in [3.05, 3.63) is 93.5 Å². The number of nitrogens with one attached hydrogen (secondary N) is 3. The minimum atomic E-state index is -2.60. The van der Waals surface area contributed by atoms with E-state index in [1.54, 1.807) is 19.1 Å². The zero-order valence-corrected chi connectivity index (χ0v) is 54.2. The maximum atomic E-state index is 15.6. The maximum Gasteiger partial charge on any atom is 0.426 e. The average molecular weight is 1310 g/mol. The standard InChI is InChI=1S/C64H80N10O16S2/c1-8-59(83)27-34-28-62(55(79)86-6,49-36(15-19-71(29-34)32-59)35-13-10-11-14-40(35)67-49)38-25-37-41(26-43(38)85-5)70(4)52-61(37)17-20-72-18-12-16-60(9-2,51(61)72)53(77)63(52,84)54(78)68-69-57(81)88-21-23-91-92-24-22-89-58(82)74-42-30-73-46-44(48(76)45(65)33(3)47(46)75)39(31-90-56(66)80)64(73,87-7)50(42)74/h10-14,16,25-26,34,39,42,50-53,67,77,83-84H,8-9,15,17-24,27-32,65H2,1-7H3,(H2,66,80)(H,68,78)(H,69,81)/t34-,39-,42+,50+,51+,52-,53-,59+,60-,61-,62+,63+,64-,74?/m1/s1. The molecule has 1 aromatic heterocycles. The molecule has 1 unspecified atom stereocenters. The van der Waals surface area contributed by atoms with Crippen molar-refractivity contribution in [1.29, 1.82) is 0 Å². The van der Waals surface area contributed by atoms with E-state index in [0.717, 1.165) is 22.0 Å². The molecule has 2 aromatic carbocycles. The van der Waals surface area contributed by atoms with Crippen molar-refractivity contribution in [2.45, 2.75) is 117 Å². The highest BCUT2D eigenvalue weighted by molar-refractivity contribution is 8.76. The number of esters is 1. The molecule has 5 fully saturated rings. The van der Waals surface area contributed by atoms with Crippen LogP contribution in [0, 0.1) is 17.3 Å². The van der Waals surface area contributed by atoms with Gasteiger partial charge in [-0.05, 0) is 81.2 Å². The van der Waals surface area contributed by atoms with Crippen molar-refractivity contribution in [2.75, 3.05) is 104 Å². The number of rotatable bonds is 16. The lowest BCUT2D eigenvalue weighted by Gasteiger charge is -2.63. The summed E-state index contributed by atoms with van der Waals surface area (Å²) in [5, 5.41) is 39.7. The maximum absolute atomic E-state index is 15.6. The number of allylic oxidation sites excluding steroid dienone is 2. The molecule has 3 aromatic rings. The summed E-state index contributed by atoms with van der Waals surface area (Å²) in [6, 6.07) is 9.21. The van der Waals surface area contributed by atoms with Gasteiger partial charge in [0, 0.05) is 120 Å². The second kappa shape index (κ2) is 23.2. The van der Waals surface area contributed by atoms with E-state index in [0.29, 0.717) is 93.3 Å². The van der Waals surface area contributed by atoms with E-state index >= 15 is 9.59 Å². The molecule has 2 aliphatic carbocycles. The first-order valence-corrected chi connectivity index (χ1v) is 33.9. The van der Waals surface area contributed by atoms with E-state index in [4.69, 9.17) is 39.9 Å². The highest BCUT2D eigenvalue weighted by Gasteiger charge is 2.80. The zero-order valence-electron chi connectivity index (χ0n) is 52.5. The number of aliphatic hydroxyl groups is 3. The van der Waals surface area contributed by atoms with Crippen molar-refractivity contribution in [3.63, 3.8) is 0 Å². The molecule has 10 N–H and O–H groups in total. The lowest BCUT2D eigenvalue weighted by atomic mass is 9.47. The molecule has 26 nitrogen and oxygen atoms in total. The third-order valence-corrected chi connectivity index (χ3v) is 24.6. The Morgan fingerprint density at radius 3 is 2.36 bits per heavy atom. The van der Waals surface area contributed by atoms with Gasteiger partial charge in [-0.2, -0.15) is 0 Å². The number of amides is 4. The molecule has 14 atom stereocenters. The fraction of sp³-hybridized carbons (Fsp3) is 0.578. The van der Waals surface area contributed by atoms with Gasteiger partial charge in [0.2, 0.25) is 11.6 Å². The number of carbonyl (C=O) groups excluding carboxylic acids is 7. The van der Waals surface area contributed by atoms with Crippen LogP contribution < -0.4 is 32.0 Å². The molecule has 8 aliphatic heterocycles. The highest BCUT2D eigenvalue weighted by Crippen LogP contribution is 2.68. The van der Waals surface area contributed by atoms with Gasteiger partial charge in [-0.15, -0.1) is 0 Å². The summed E-state index contributed by atoms with van der Waals surface area (Å²) in [6.07, 6.45) is 2.01. The number of benzene rings is 2. The molecule has 1 saturated carbocycles. The number of nitrogens with two attached hydrogens (primary N) is 2. The molecule has 92 heavy (non-hydrogen) atoms. The number of piperazine rings is 1. The summed E-state index contributed by atoms with van der Waals surface area (Å²) in [5.41, 5.74) is 11.7. The number of hydrogen-bond acceptors (Lipinski definition) is 23. The van der Waals surface area contributed by atoms with Gasteiger partial charge < -0.3 is 70.0 Å². The number of aromatic nitrogens is 1. The van der Waals surface area contributed by atoms with Crippen molar-refractivity contribution in [2.24, 2.45) is 28.7 Å². The van der Waals surface area contributed by atoms with E-state index < -0.39 is 118 Å². The van der Waals surface area contributed by atoms with Crippen molar-refractivity contribution >= 4 is 79.9 Å². The SMILES string of the molecule is CC[C@]1(O)C[C@H]2CN(CCc3c([nH]c4ccccc34)[C@@](C(=O)OC)(c3cc4c(cc3OC)N(C)[C@H]3[C@@](O)(C(=O)NNC(=O)OCCSSCCOC(=O)N5[C@H]6[C@@H]5CN5C7=C(C(=O)C(N)=C(C)C7=O)[C@@H](COC(N)=O)[C@@]65OC)[C@H](O)[C@]5(CC)C=CCN6CC[C@]43[C@@H]65)C2)C1. The summed E-state index contributed by atoms with van der Waals surface area (Å²) in [6.45, 7) is 7.91. The number of likely N-dealkylation sites (N-methyl/N-ethyl adjacent to an activating group) is 1. The number of anilines is 1. The van der Waals surface area contributed by atoms with Gasteiger partial charge in [0.05, 0.1) is 49.2 Å². The molecule has 4 amide bonds. The van der Waals surface area contributed by atoms with Crippen LogP contribution >= 0.6 is 21.6 Å². The molecule has 2 bridgehead atoms. The molecule has 494 valence electrons. The first-order valence-electron chi connectivity index (χ1n) is 31.4. The summed E-state index contributed by atoms with van der Waals surface area (Å²) in [5.74, 6) is -2.80. The number of fused-ring (bicyclic) bond motifs is 10. The Morgan fingerprint density at radius 2 is 1.65 bits per heavy atom. The van der Waals surface area contributed by atoms with Crippen LogP contribution in [0.5, 0.6) is 5.75 Å². The molecule has 0 radical (unpaired) electrons. The minimum Gasteiger partial charge on any atom is -0.496 e. The van der Waals surface area contributed by atoms with Crippen LogP contribution in [-0.2, 0) is 60.1 Å². The van der Waals surface area contributed by atoms with Gasteiger partial charge >= 0.3 is 24.2 Å². The second-order valence-corrected chi connectivity index (χ2v) is 28.9. The van der Waals surface area contributed by atoms with E-state index in [1.165, 1.54) is 47.6 Å². The van der Waals surface area contributed by atoms with Crippen LogP contribution in [0.4, 0.5) is 20.1 Å². The predicted molar refractivity (Wildman–Crippen MR) is 337 cm³/mol. The third-order valence-electron chi connectivity index (χ3n) is 22.3. The Kier molecular flexibility index (Phi) is 16.0. The summed E-state index contributed by atoms with van der Waals surface area (Å²) in [7, 11) is 8.80. The molecule has 9 heterocycles. The van der Waals surface area contributed by atoms with Gasteiger partial charge in [-0.1, -0.05) is 65.8 Å². The molecular formula is C64H80N10O16S2. The summed E-state index contributed by atoms with van der Waals surface area (Å²) < 4.78 is 34.8. The normalized spacial score (nSPS) is 34.6. The number of ether oxygens (including phenoxy) is 6. The topological polar surface area (TPSA) is 343 Å². The molecule has 28 heteroatoms. The predicted octanol–water partition coefficient (Wildman–Crippen LogP) is 2.60. The molecule has 1 spiro atoms. The largest absolute Gasteiger partial charge is 0.496 e. The molecule has 13 rings (SSSR count). The number of Topliss-reactive ketones (excluding diaryl/α,β-unsaturated/α-hetero) is 2. The van der Waals surface area contributed by atoms with Gasteiger partial charge in [0.1, 0.15) is 43.1 Å². The van der Waals surface area contributed by atoms with Crippen LogP contribution in [0.3, 0.4) is 0 Å². The Morgan fingerprint density at radius 1 is 0.902 bits per heavy atom. The van der Waals surface area contributed by atoms with E-state index in [2.05, 4.69) is 31.7 Å². The van der Waals surface area contributed by atoms with E-state index in [-0.39, 0.29) is 60.4 Å². The number of carbonyl (C=O) groups is 7. The number of para-hydroxylation sites is 1. The first-order chi connectivity index (χ1) is 44.0. The van der Waals surface area contributed by atoms with Crippen molar-refractivity contribution in [1.82, 2.24) is 35.4 Å². The fourth-order valence-electron chi connectivity index (χ4n) is 18.5. The number of nitrogens with zero attached hydrogens (tertiary/aromatic N) is 5. The van der Waals surface area contributed by atoms with Crippen LogP contribution in [0.2, 0.25) is 0 Å². The molecule has 10 aliphatic rings. The van der Waals surface area contributed by atoms with Crippen molar-refractivity contribution < 1.29 is 77.3 Å². The lowest BCUT2D eigenvalue weighted by molar-refractivity contribution is -0.204. The second-order valence-electron chi connectivity index (χ2n) is 26.2. The monoisotopic (exact) mass is 1310 g/mol. The third kappa shape index (κ3) is 8.99. The number of piperidine rings is 1.